The van der Waals surface area contributed by atoms with Crippen LogP contribution in [0.25, 0.3) is 0 Å². The standard InChI is InChI=1S/C47H74O20/c1-19-17-61-47(41(58)32(19)51)25(12-14-59-21(3)49)31-28(67-47)15-26-23-10-9-22-7-6-8-30(46(22,5)24(23)11-13-45(26,31)4)64-44-40(66-43-38(57)36(55)33(52)20(2)62-43)39(35(54)29(16-48)63-44)65-42-37(56)34(53)27(50)18-60-42/h20,22-44,48,50-58H,1,6-18H2,2-5H3/t20-,22-,23+,24-,25-,26-,27+,28-,29+,30+,31-,32-,33-,34-,35+,36+,37+,38+,39-,40+,41-,42-,43-,44-,45-,46-,47+/m0/s1. The molecule has 9 aliphatic rings. The predicted octanol–water partition coefficient (Wildman–Crippen LogP) is -1.27. The molecule has 4 aliphatic carbocycles. The van der Waals surface area contributed by atoms with Crippen LogP contribution >= 0.6 is 0 Å². The van der Waals surface area contributed by atoms with Crippen LogP contribution < -0.4 is 0 Å². The van der Waals surface area contributed by atoms with Crippen LogP contribution in [-0.2, 0) is 47.4 Å². The molecule has 9 rings (SSSR count). The van der Waals surface area contributed by atoms with Gasteiger partial charge < -0.3 is 93.7 Å². The molecular weight excluding hydrogens is 884 g/mol. The fraction of sp³-hybridized carbons (Fsp3) is 0.936. The van der Waals surface area contributed by atoms with Crippen LogP contribution in [0, 0.1) is 46.3 Å². The zero-order valence-electron chi connectivity index (χ0n) is 38.8. The average molecular weight is 959 g/mol. The summed E-state index contributed by atoms with van der Waals surface area (Å²) < 4.78 is 56.2. The monoisotopic (exact) mass is 958 g/mol. The number of aliphatic hydroxyl groups excluding tert-OH is 10. The molecular formula is C47H74O20. The van der Waals surface area contributed by atoms with Crippen LogP contribution in [0.1, 0.15) is 85.5 Å². The van der Waals surface area contributed by atoms with Gasteiger partial charge in [0.15, 0.2) is 18.9 Å². The van der Waals surface area contributed by atoms with Gasteiger partial charge in [-0.2, -0.15) is 0 Å². The van der Waals surface area contributed by atoms with Gasteiger partial charge in [-0.15, -0.1) is 0 Å². The third kappa shape index (κ3) is 8.37. The van der Waals surface area contributed by atoms with Crippen molar-refractivity contribution < 1.29 is 98.5 Å². The van der Waals surface area contributed by atoms with E-state index in [1.54, 1.807) is 0 Å². The summed E-state index contributed by atoms with van der Waals surface area (Å²) in [5.74, 6) is -1.52. The molecule has 0 radical (unpaired) electrons. The van der Waals surface area contributed by atoms with Gasteiger partial charge in [0, 0.05) is 12.8 Å². The summed E-state index contributed by atoms with van der Waals surface area (Å²) in [5, 5.41) is 109. The van der Waals surface area contributed by atoms with E-state index in [1.165, 1.54) is 13.8 Å². The molecule has 9 fully saturated rings. The summed E-state index contributed by atoms with van der Waals surface area (Å²) in [6.07, 6.45) is -17.7. The van der Waals surface area contributed by atoms with E-state index in [1.807, 2.05) is 0 Å². The third-order valence-corrected chi connectivity index (χ3v) is 18.3. The Labute approximate surface area is 390 Å². The van der Waals surface area contributed by atoms with E-state index in [0.29, 0.717) is 24.8 Å². The summed E-state index contributed by atoms with van der Waals surface area (Å²) in [6, 6.07) is 0. The minimum absolute atomic E-state index is 0.0250. The summed E-state index contributed by atoms with van der Waals surface area (Å²) in [4.78, 5) is 11.9. The third-order valence-electron chi connectivity index (χ3n) is 18.3. The molecule has 4 saturated carbocycles. The maximum atomic E-state index is 11.9. The van der Waals surface area contributed by atoms with Gasteiger partial charge in [0.25, 0.3) is 0 Å². The van der Waals surface area contributed by atoms with Crippen molar-refractivity contribution in [2.45, 2.75) is 202 Å². The number of carbonyl (C=O) groups excluding carboxylic acids is 1. The van der Waals surface area contributed by atoms with Crippen LogP contribution in [0.15, 0.2) is 12.2 Å². The highest BCUT2D eigenvalue weighted by Crippen LogP contribution is 2.72. The normalized spacial score (nSPS) is 55.3. The molecule has 67 heavy (non-hydrogen) atoms. The fourth-order valence-corrected chi connectivity index (χ4v) is 14.9. The largest absolute Gasteiger partial charge is 0.466 e. The van der Waals surface area contributed by atoms with Gasteiger partial charge in [0.05, 0.1) is 44.7 Å². The average Bonchev–Trinajstić information content (AvgIpc) is 3.77. The van der Waals surface area contributed by atoms with Crippen molar-refractivity contribution >= 4 is 5.97 Å². The minimum atomic E-state index is -1.77. The lowest BCUT2D eigenvalue weighted by Crippen LogP contribution is -2.67. The molecule has 0 bridgehead atoms. The topological polar surface area (TPSA) is 302 Å². The predicted molar refractivity (Wildman–Crippen MR) is 227 cm³/mol. The summed E-state index contributed by atoms with van der Waals surface area (Å²) in [7, 11) is 0. The Kier molecular flexibility index (Phi) is 14.4. The van der Waals surface area contributed by atoms with Crippen LogP contribution in [0.3, 0.4) is 0 Å². The Balaban J connectivity index is 1.01. The van der Waals surface area contributed by atoms with E-state index in [9.17, 15) is 55.9 Å². The van der Waals surface area contributed by atoms with Crippen molar-refractivity contribution in [1.29, 1.82) is 0 Å². The van der Waals surface area contributed by atoms with Crippen molar-refractivity contribution in [3.05, 3.63) is 12.2 Å². The zero-order chi connectivity index (χ0) is 48.1. The number of aliphatic hydroxyl groups is 10. The maximum Gasteiger partial charge on any atom is 0.302 e. The quantitative estimate of drug-likeness (QED) is 0.0902. The van der Waals surface area contributed by atoms with Crippen LogP contribution in [0.2, 0.25) is 0 Å². The summed E-state index contributed by atoms with van der Waals surface area (Å²) in [5.41, 5.74) is -0.332. The van der Waals surface area contributed by atoms with Crippen LogP contribution in [-0.4, -0.2) is 200 Å². The molecule has 382 valence electrons. The first-order valence-corrected chi connectivity index (χ1v) is 24.5. The molecule has 10 N–H and O–H groups in total. The Morgan fingerprint density at radius 1 is 0.806 bits per heavy atom. The maximum absolute atomic E-state index is 11.9. The second kappa shape index (κ2) is 19.2. The first-order chi connectivity index (χ1) is 31.8. The number of rotatable bonds is 10. The molecule has 0 aromatic carbocycles. The molecule has 0 aromatic heterocycles. The van der Waals surface area contributed by atoms with E-state index in [2.05, 4.69) is 20.4 Å². The molecule has 5 saturated heterocycles. The minimum Gasteiger partial charge on any atom is -0.466 e. The van der Waals surface area contributed by atoms with Gasteiger partial charge in [-0.1, -0.05) is 26.8 Å². The number of hydrogen-bond donors (Lipinski definition) is 10. The van der Waals surface area contributed by atoms with Crippen LogP contribution in [0.5, 0.6) is 0 Å². The van der Waals surface area contributed by atoms with Crippen molar-refractivity contribution in [2.75, 3.05) is 26.4 Å². The molecule has 20 heteroatoms. The Hall–Kier alpha value is -1.51. The molecule has 27 atom stereocenters. The van der Waals surface area contributed by atoms with Crippen molar-refractivity contribution in [2.24, 2.45) is 46.3 Å². The molecule has 0 aromatic rings. The van der Waals surface area contributed by atoms with E-state index >= 15 is 0 Å². The lowest BCUT2D eigenvalue weighted by atomic mass is 9.43. The SMILES string of the molecule is C=C1CO[C@]2(O[C@H]3C[C@H]4[C@@H]5CC[C@@H]6CCC[C@@H](O[C@@H]7O[C@H](CO)[C@@H](O)[C@H](O[C@@H]8OC[C@@H](O)[C@H](O)[C@H]8O)[C@H]7O[C@@H]7O[C@@H](C)[C@H](O)[C@@H](O)[C@H]7O)[C@]6(C)[C@H]5CC[C@]4(C)[C@H]3[C@@H]2CCOC(C)=O)[C@@H](O)[C@H]1O. The Morgan fingerprint density at radius 3 is 2.27 bits per heavy atom. The summed E-state index contributed by atoms with van der Waals surface area (Å²) >= 11 is 0. The second-order valence-electron chi connectivity index (χ2n) is 21.7. The molecule has 0 amide bonds. The molecule has 5 heterocycles. The van der Waals surface area contributed by atoms with E-state index in [-0.39, 0.29) is 54.3 Å². The van der Waals surface area contributed by atoms with Gasteiger partial charge >= 0.3 is 5.97 Å². The smallest absolute Gasteiger partial charge is 0.302 e. The first-order valence-electron chi connectivity index (χ1n) is 24.5. The molecule has 0 unspecified atom stereocenters. The van der Waals surface area contributed by atoms with E-state index < -0.39 is 141 Å². The molecule has 1 spiro atoms. The van der Waals surface area contributed by atoms with Crippen molar-refractivity contribution in [3.63, 3.8) is 0 Å². The van der Waals surface area contributed by atoms with Gasteiger partial charge in [0.2, 0.25) is 5.79 Å². The number of fused-ring (bicyclic) bond motifs is 7. The highest BCUT2D eigenvalue weighted by atomic mass is 16.8. The Morgan fingerprint density at radius 2 is 1.54 bits per heavy atom. The van der Waals surface area contributed by atoms with Crippen molar-refractivity contribution in [3.8, 4) is 0 Å². The van der Waals surface area contributed by atoms with Gasteiger partial charge in [-0.3, -0.25) is 4.79 Å². The second-order valence-corrected chi connectivity index (χ2v) is 21.7. The van der Waals surface area contributed by atoms with Crippen molar-refractivity contribution in [1.82, 2.24) is 0 Å². The van der Waals surface area contributed by atoms with Gasteiger partial charge in [0.1, 0.15) is 73.2 Å². The van der Waals surface area contributed by atoms with Gasteiger partial charge in [-0.05, 0) is 104 Å². The zero-order valence-corrected chi connectivity index (χ0v) is 38.8. The molecule has 20 nitrogen and oxygen atoms in total. The first kappa shape index (κ1) is 50.4. The highest BCUT2D eigenvalue weighted by molar-refractivity contribution is 5.65. The summed E-state index contributed by atoms with van der Waals surface area (Å²) in [6.45, 7) is 10.4. The Bertz CT molecular complexity index is 1780. The number of esters is 1. The number of carbonyl (C=O) groups is 1. The van der Waals surface area contributed by atoms with Gasteiger partial charge in [-0.25, -0.2) is 0 Å². The lowest BCUT2D eigenvalue weighted by Gasteiger charge is -2.63. The number of ether oxygens (including phenoxy) is 9. The highest BCUT2D eigenvalue weighted by Gasteiger charge is 2.73. The van der Waals surface area contributed by atoms with E-state index in [4.69, 9.17) is 42.6 Å². The number of hydrogen-bond acceptors (Lipinski definition) is 20. The van der Waals surface area contributed by atoms with E-state index in [0.717, 1.165) is 38.5 Å². The lowest BCUT2D eigenvalue weighted by molar-refractivity contribution is -0.395. The van der Waals surface area contributed by atoms with Crippen LogP contribution in [0.4, 0.5) is 0 Å². The fourth-order valence-electron chi connectivity index (χ4n) is 14.9. The molecule has 5 aliphatic heterocycles.